The molecule has 3 aromatic carbocycles. The summed E-state index contributed by atoms with van der Waals surface area (Å²) in [6, 6.07) is 25.2. The average molecular weight is 494 g/mol. The van der Waals surface area contributed by atoms with Crippen LogP contribution in [0.4, 0.5) is 5.69 Å². The first-order valence-corrected chi connectivity index (χ1v) is 12.8. The molecule has 2 aliphatic carbocycles. The molecule has 1 aliphatic heterocycles. The Morgan fingerprint density at radius 2 is 1.41 bits per heavy atom. The molecule has 6 heteroatoms. The highest BCUT2D eigenvalue weighted by Crippen LogP contribution is 2.61. The second kappa shape index (κ2) is 9.11. The summed E-state index contributed by atoms with van der Waals surface area (Å²) in [5.41, 5.74) is 2.43. The van der Waals surface area contributed by atoms with Gasteiger partial charge in [0.1, 0.15) is 0 Å². The van der Waals surface area contributed by atoms with Gasteiger partial charge in [-0.25, -0.2) is 4.79 Å². The van der Waals surface area contributed by atoms with Crippen molar-refractivity contribution in [1.82, 2.24) is 0 Å². The molecule has 6 nitrogen and oxygen atoms in total. The van der Waals surface area contributed by atoms with E-state index in [2.05, 4.69) is 12.1 Å². The first-order chi connectivity index (χ1) is 17.9. The molecule has 2 saturated carbocycles. The molecule has 1 heterocycles. The van der Waals surface area contributed by atoms with Crippen LogP contribution in [0.2, 0.25) is 0 Å². The third-order valence-corrected chi connectivity index (χ3v) is 8.32. The highest BCUT2D eigenvalue weighted by molar-refractivity contribution is 6.22. The maximum atomic E-state index is 13.5. The van der Waals surface area contributed by atoms with Gasteiger partial charge in [-0.2, -0.15) is 0 Å². The molecule has 6 atom stereocenters. The number of ketones is 1. The van der Waals surface area contributed by atoms with Crippen LogP contribution < -0.4 is 4.90 Å². The lowest BCUT2D eigenvalue weighted by molar-refractivity contribution is -0.123. The zero-order chi connectivity index (χ0) is 25.7. The minimum absolute atomic E-state index is 0.133. The Balaban J connectivity index is 1.16. The predicted molar refractivity (Wildman–Crippen MR) is 137 cm³/mol. The largest absolute Gasteiger partial charge is 0.451 e. The van der Waals surface area contributed by atoms with Crippen molar-refractivity contribution in [1.29, 1.82) is 0 Å². The minimum atomic E-state index is -0.941. The first-order valence-electron chi connectivity index (χ1n) is 12.8. The number of carbonyl (C=O) groups excluding carboxylic acids is 4. The van der Waals surface area contributed by atoms with Crippen LogP contribution in [-0.4, -0.2) is 29.7 Å². The van der Waals surface area contributed by atoms with Crippen LogP contribution in [0.15, 0.2) is 84.9 Å². The van der Waals surface area contributed by atoms with Gasteiger partial charge >= 0.3 is 5.97 Å². The van der Waals surface area contributed by atoms with Crippen LogP contribution >= 0.6 is 0 Å². The third-order valence-electron chi connectivity index (χ3n) is 8.32. The first kappa shape index (κ1) is 23.3. The molecule has 0 N–H and O–H groups in total. The molecule has 3 aliphatic rings. The van der Waals surface area contributed by atoms with Crippen LogP contribution in [-0.2, 0) is 14.3 Å². The zero-order valence-electron chi connectivity index (χ0n) is 20.4. The Labute approximate surface area is 215 Å². The number of Topliss-reactive ketones (excluding diaryl/α,β-unsaturated/α-hetero) is 1. The number of anilines is 1. The second-order valence-electron chi connectivity index (χ2n) is 10.3. The van der Waals surface area contributed by atoms with Gasteiger partial charge in [0.2, 0.25) is 17.6 Å². The predicted octanol–water partition coefficient (Wildman–Crippen LogP) is 5.04. The molecular weight excluding hydrogens is 466 g/mol. The number of benzene rings is 3. The quantitative estimate of drug-likeness (QED) is 0.273. The van der Waals surface area contributed by atoms with E-state index in [1.165, 1.54) is 22.6 Å². The van der Waals surface area contributed by atoms with E-state index in [0.29, 0.717) is 17.2 Å². The van der Waals surface area contributed by atoms with Gasteiger partial charge in [0, 0.05) is 5.56 Å². The van der Waals surface area contributed by atoms with Crippen molar-refractivity contribution in [3.63, 3.8) is 0 Å². The number of nitrogens with zero attached hydrogens (tertiary/aromatic N) is 1. The van der Waals surface area contributed by atoms with Gasteiger partial charge in [0.15, 0.2) is 6.10 Å². The number of amides is 2. The number of hydrogen-bond donors (Lipinski definition) is 0. The number of carbonyl (C=O) groups is 4. The van der Waals surface area contributed by atoms with Crippen molar-refractivity contribution < 1.29 is 23.9 Å². The Kier molecular flexibility index (Phi) is 5.75. The van der Waals surface area contributed by atoms with E-state index in [4.69, 9.17) is 4.74 Å². The van der Waals surface area contributed by atoms with E-state index < -0.39 is 12.1 Å². The fraction of sp³-hybridized carbons (Fsp3) is 0.290. The number of ether oxygens (including phenoxy) is 1. The fourth-order valence-electron chi connectivity index (χ4n) is 6.66. The summed E-state index contributed by atoms with van der Waals surface area (Å²) in [5.74, 6) is -1.03. The van der Waals surface area contributed by atoms with Gasteiger partial charge in [-0.15, -0.1) is 0 Å². The number of rotatable bonds is 6. The molecule has 6 rings (SSSR count). The third kappa shape index (κ3) is 3.88. The number of imide groups is 1. The van der Waals surface area contributed by atoms with Crippen molar-refractivity contribution in [3.05, 3.63) is 102 Å². The highest BCUT2D eigenvalue weighted by atomic mass is 16.5. The zero-order valence-corrected chi connectivity index (χ0v) is 20.4. The van der Waals surface area contributed by atoms with E-state index in [9.17, 15) is 19.2 Å². The molecule has 0 aromatic heterocycles. The normalized spacial score (nSPS) is 26.7. The molecule has 0 spiro atoms. The molecule has 1 saturated heterocycles. The number of fused-ring (bicyclic) bond motifs is 5. The monoisotopic (exact) mass is 493 g/mol. The maximum Gasteiger partial charge on any atom is 0.338 e. The maximum absolute atomic E-state index is 13.5. The van der Waals surface area contributed by atoms with Crippen LogP contribution in [0.1, 0.15) is 52.0 Å². The van der Waals surface area contributed by atoms with E-state index >= 15 is 0 Å². The molecule has 2 amide bonds. The topological polar surface area (TPSA) is 80.8 Å². The highest BCUT2D eigenvalue weighted by Gasteiger charge is 2.64. The summed E-state index contributed by atoms with van der Waals surface area (Å²) in [7, 11) is 0. The van der Waals surface area contributed by atoms with E-state index in [-0.39, 0.29) is 46.8 Å². The number of hydrogen-bond acceptors (Lipinski definition) is 5. The van der Waals surface area contributed by atoms with Crippen LogP contribution in [0.25, 0.3) is 0 Å². The molecule has 3 aromatic rings. The van der Waals surface area contributed by atoms with Gasteiger partial charge in [-0.05, 0) is 67.3 Å². The lowest BCUT2D eigenvalue weighted by atomic mass is 9.73. The molecule has 0 radical (unpaired) electrons. The Morgan fingerprint density at radius 3 is 2.08 bits per heavy atom. The van der Waals surface area contributed by atoms with Gasteiger partial charge in [0.25, 0.3) is 0 Å². The standard InChI is InChI=1S/C31H27NO5/c1-18(28(33)20-10-6-3-7-11-20)37-31(36)21-12-14-23(15-13-21)32-29(34)26-22-16-24(19-8-4-2-5-9-19)25(17-22)27(26)30(32)35/h2-15,18,22,24-27H,16-17H2,1H3/t18-,22-,24+,25+,26+,27-/m0/s1. The van der Waals surface area contributed by atoms with Crippen molar-refractivity contribution in [2.45, 2.75) is 31.8 Å². The van der Waals surface area contributed by atoms with Crippen LogP contribution in [0, 0.1) is 23.7 Å². The van der Waals surface area contributed by atoms with Gasteiger partial charge in [-0.1, -0.05) is 60.7 Å². The van der Waals surface area contributed by atoms with Gasteiger partial charge in [0.05, 0.1) is 23.1 Å². The lowest BCUT2D eigenvalue weighted by Crippen LogP contribution is -2.33. The van der Waals surface area contributed by atoms with Crippen LogP contribution in [0.5, 0.6) is 0 Å². The molecule has 2 bridgehead atoms. The summed E-state index contributed by atoms with van der Waals surface area (Å²) < 4.78 is 5.38. The average Bonchev–Trinajstić information content (AvgIpc) is 3.60. The Morgan fingerprint density at radius 1 is 0.784 bits per heavy atom. The smallest absolute Gasteiger partial charge is 0.338 e. The molecule has 0 unspecified atom stereocenters. The number of esters is 1. The summed E-state index contributed by atoms with van der Waals surface area (Å²) in [6.45, 7) is 1.54. The van der Waals surface area contributed by atoms with Crippen molar-refractivity contribution >= 4 is 29.3 Å². The van der Waals surface area contributed by atoms with E-state index in [1.54, 1.807) is 43.3 Å². The summed E-state index contributed by atoms with van der Waals surface area (Å²) in [4.78, 5) is 53.4. The summed E-state index contributed by atoms with van der Waals surface area (Å²) >= 11 is 0. The van der Waals surface area contributed by atoms with Crippen LogP contribution in [0.3, 0.4) is 0 Å². The van der Waals surface area contributed by atoms with E-state index in [0.717, 1.165) is 12.8 Å². The fourth-order valence-corrected chi connectivity index (χ4v) is 6.66. The second-order valence-corrected chi connectivity index (χ2v) is 10.3. The van der Waals surface area contributed by atoms with Crippen molar-refractivity contribution in [2.24, 2.45) is 23.7 Å². The molecule has 3 fully saturated rings. The van der Waals surface area contributed by atoms with Crippen molar-refractivity contribution in [3.8, 4) is 0 Å². The van der Waals surface area contributed by atoms with Gasteiger partial charge in [-0.3, -0.25) is 19.3 Å². The lowest BCUT2D eigenvalue weighted by Gasteiger charge is -2.28. The van der Waals surface area contributed by atoms with Crippen molar-refractivity contribution in [2.75, 3.05) is 4.90 Å². The molecular formula is C31H27NO5. The molecule has 37 heavy (non-hydrogen) atoms. The SMILES string of the molecule is C[C@H](OC(=O)c1ccc(N2C(=O)[C@@H]3[C@@H]4C[C@@H]([C@@H]3C2=O)[C@@H](c2ccccc2)C4)cc1)C(=O)c1ccccc1. The molecule has 186 valence electrons. The minimum Gasteiger partial charge on any atom is -0.451 e. The summed E-state index contributed by atoms with van der Waals surface area (Å²) in [6.07, 6.45) is 0.918. The Hall–Kier alpha value is -4.06. The summed E-state index contributed by atoms with van der Waals surface area (Å²) in [5, 5.41) is 0. The Bertz CT molecular complexity index is 1370. The van der Waals surface area contributed by atoms with Gasteiger partial charge < -0.3 is 4.74 Å². The van der Waals surface area contributed by atoms with E-state index in [1.807, 2.05) is 24.3 Å².